The predicted octanol–water partition coefficient (Wildman–Crippen LogP) is 3.01. The minimum absolute atomic E-state index is 0.116. The van der Waals surface area contributed by atoms with Crippen LogP contribution in [0.5, 0.6) is 17.2 Å². The summed E-state index contributed by atoms with van der Waals surface area (Å²) in [6.07, 6.45) is -0.522. The number of hydrazine groups is 1. The molecule has 0 saturated carbocycles. The third-order valence-corrected chi connectivity index (χ3v) is 5.52. The maximum atomic E-state index is 13.1. The van der Waals surface area contributed by atoms with E-state index in [1.165, 1.54) is 0 Å². The van der Waals surface area contributed by atoms with Gasteiger partial charge in [-0.3, -0.25) is 15.0 Å². The van der Waals surface area contributed by atoms with Gasteiger partial charge in [-0.25, -0.2) is 5.43 Å². The number of methoxy groups -OCH3 is 1. The molecule has 8 nitrogen and oxygen atoms in total. The molecule has 0 aromatic heterocycles. The van der Waals surface area contributed by atoms with Gasteiger partial charge in [-0.15, -0.1) is 0 Å². The summed E-state index contributed by atoms with van der Waals surface area (Å²) >= 11 is 0. The average Bonchev–Trinajstić information content (AvgIpc) is 3.40. The fourth-order valence-corrected chi connectivity index (χ4v) is 3.87. The monoisotopic (exact) mass is 431 g/mol. The molecular formula is C24H21N3O5. The number of hydrogen-bond acceptors (Lipinski definition) is 6. The van der Waals surface area contributed by atoms with Gasteiger partial charge in [0.25, 0.3) is 11.8 Å². The van der Waals surface area contributed by atoms with Gasteiger partial charge in [-0.2, -0.15) is 0 Å². The van der Waals surface area contributed by atoms with Crippen molar-refractivity contribution in [2.24, 2.45) is 0 Å². The minimum Gasteiger partial charge on any atom is -0.497 e. The highest BCUT2D eigenvalue weighted by atomic mass is 16.7. The Kier molecular flexibility index (Phi) is 5.12. The Hall–Kier alpha value is -4.04. The minimum atomic E-state index is -0.522. The molecule has 2 heterocycles. The van der Waals surface area contributed by atoms with E-state index in [0.717, 1.165) is 11.1 Å². The first-order valence-electron chi connectivity index (χ1n) is 10.1. The first-order valence-corrected chi connectivity index (χ1v) is 10.1. The van der Waals surface area contributed by atoms with Crippen LogP contribution < -0.4 is 25.1 Å². The molecule has 1 atom stereocenters. The van der Waals surface area contributed by atoms with Gasteiger partial charge >= 0.3 is 0 Å². The fraction of sp³-hybridized carbons (Fsp3) is 0.167. The molecule has 0 spiro atoms. The molecular weight excluding hydrogens is 410 g/mol. The zero-order valence-corrected chi connectivity index (χ0v) is 17.3. The Morgan fingerprint density at radius 2 is 1.84 bits per heavy atom. The number of amides is 2. The van der Waals surface area contributed by atoms with E-state index in [-0.39, 0.29) is 18.6 Å². The van der Waals surface area contributed by atoms with Crippen molar-refractivity contribution < 1.29 is 23.8 Å². The molecule has 0 radical (unpaired) electrons. The summed E-state index contributed by atoms with van der Waals surface area (Å²) in [6.45, 7) is 0.522. The smallest absolute Gasteiger partial charge is 0.265 e. The van der Waals surface area contributed by atoms with Gasteiger partial charge in [0, 0.05) is 23.2 Å². The second-order valence-electron chi connectivity index (χ2n) is 7.44. The molecule has 2 amide bonds. The molecule has 162 valence electrons. The molecule has 3 aromatic rings. The van der Waals surface area contributed by atoms with Crippen molar-refractivity contribution in [1.29, 1.82) is 0 Å². The summed E-state index contributed by atoms with van der Waals surface area (Å²) < 4.78 is 16.0. The van der Waals surface area contributed by atoms with E-state index in [1.807, 2.05) is 36.4 Å². The third-order valence-electron chi connectivity index (χ3n) is 5.52. The average molecular weight is 431 g/mol. The van der Waals surface area contributed by atoms with Crippen molar-refractivity contribution in [3.63, 3.8) is 0 Å². The molecule has 32 heavy (non-hydrogen) atoms. The number of carbonyl (C=O) groups excluding carboxylic acids is 2. The van der Waals surface area contributed by atoms with Crippen molar-refractivity contribution in [2.75, 3.05) is 13.9 Å². The summed E-state index contributed by atoms with van der Waals surface area (Å²) in [5.41, 5.74) is 8.53. The predicted molar refractivity (Wildman–Crippen MR) is 115 cm³/mol. The van der Waals surface area contributed by atoms with E-state index >= 15 is 0 Å². The zero-order valence-electron chi connectivity index (χ0n) is 17.3. The highest BCUT2D eigenvalue weighted by molar-refractivity contribution is 5.99. The van der Waals surface area contributed by atoms with Crippen LogP contribution in [0.15, 0.2) is 66.7 Å². The maximum Gasteiger partial charge on any atom is 0.265 e. The molecule has 3 aromatic carbocycles. The van der Waals surface area contributed by atoms with Gasteiger partial charge in [0.15, 0.2) is 11.5 Å². The van der Waals surface area contributed by atoms with Gasteiger partial charge in [0.2, 0.25) is 6.79 Å². The fourth-order valence-electron chi connectivity index (χ4n) is 3.87. The molecule has 2 aliphatic heterocycles. The number of ether oxygens (including phenoxy) is 3. The van der Waals surface area contributed by atoms with Crippen molar-refractivity contribution >= 4 is 11.8 Å². The molecule has 0 fully saturated rings. The first kappa shape index (κ1) is 19.9. The third kappa shape index (κ3) is 3.61. The summed E-state index contributed by atoms with van der Waals surface area (Å²) in [5, 5.41) is 0. The summed E-state index contributed by atoms with van der Waals surface area (Å²) in [7, 11) is 1.57. The van der Waals surface area contributed by atoms with Crippen LogP contribution >= 0.6 is 0 Å². The van der Waals surface area contributed by atoms with Gasteiger partial charge in [-0.1, -0.05) is 24.3 Å². The van der Waals surface area contributed by atoms with E-state index in [2.05, 4.69) is 10.9 Å². The number of rotatable bonds is 6. The number of hydrogen-bond donors (Lipinski definition) is 2. The molecule has 1 unspecified atom stereocenters. The van der Waals surface area contributed by atoms with Crippen molar-refractivity contribution in [2.45, 2.75) is 12.7 Å². The molecule has 0 bridgehead atoms. The number of carbonyl (C=O) groups is 2. The molecule has 5 rings (SSSR count). The molecule has 0 aliphatic carbocycles. The van der Waals surface area contributed by atoms with Gasteiger partial charge in [0.1, 0.15) is 11.9 Å². The summed E-state index contributed by atoms with van der Waals surface area (Å²) in [5.74, 6) is 1.58. The number of fused-ring (bicyclic) bond motifs is 2. The number of nitrogens with one attached hydrogen (secondary N) is 2. The van der Waals surface area contributed by atoms with E-state index < -0.39 is 6.17 Å². The van der Waals surface area contributed by atoms with Crippen LogP contribution in [0, 0.1) is 0 Å². The topological polar surface area (TPSA) is 89.1 Å². The van der Waals surface area contributed by atoms with Gasteiger partial charge in [-0.05, 0) is 48.0 Å². The molecule has 0 saturated heterocycles. The van der Waals surface area contributed by atoms with Crippen LogP contribution in [0.4, 0.5) is 0 Å². The Morgan fingerprint density at radius 3 is 2.66 bits per heavy atom. The Bertz CT molecular complexity index is 1180. The van der Waals surface area contributed by atoms with E-state index in [9.17, 15) is 9.59 Å². The van der Waals surface area contributed by atoms with Crippen LogP contribution in [0.3, 0.4) is 0 Å². The lowest BCUT2D eigenvalue weighted by atomic mass is 10.1. The van der Waals surface area contributed by atoms with E-state index in [4.69, 9.17) is 14.2 Å². The largest absolute Gasteiger partial charge is 0.497 e. The van der Waals surface area contributed by atoms with Crippen molar-refractivity contribution in [1.82, 2.24) is 15.8 Å². The van der Waals surface area contributed by atoms with Crippen LogP contribution in [-0.4, -0.2) is 30.6 Å². The van der Waals surface area contributed by atoms with Crippen molar-refractivity contribution in [3.05, 3.63) is 89.0 Å². The van der Waals surface area contributed by atoms with Crippen LogP contribution in [0.1, 0.15) is 38.0 Å². The zero-order chi connectivity index (χ0) is 22.1. The van der Waals surface area contributed by atoms with E-state index in [1.54, 1.807) is 42.3 Å². The molecule has 2 N–H and O–H groups in total. The lowest BCUT2D eigenvalue weighted by Crippen LogP contribution is -2.45. The molecule has 2 aliphatic rings. The van der Waals surface area contributed by atoms with Gasteiger partial charge < -0.3 is 19.1 Å². The second kappa shape index (κ2) is 8.24. The quantitative estimate of drug-likeness (QED) is 0.584. The maximum absolute atomic E-state index is 13.1. The summed E-state index contributed by atoms with van der Waals surface area (Å²) in [6, 6.07) is 19.7. The second-order valence-corrected chi connectivity index (χ2v) is 7.44. The lowest BCUT2D eigenvalue weighted by Gasteiger charge is -2.26. The SMILES string of the molecule is COc1ccc(C(=O)NNC2c3ccccc3C(=O)N2Cc2ccc3c(c2)OCO3)cc1. The number of nitrogens with zero attached hydrogens (tertiary/aromatic N) is 1. The number of benzene rings is 3. The Balaban J connectivity index is 1.36. The Morgan fingerprint density at radius 1 is 1.06 bits per heavy atom. The van der Waals surface area contributed by atoms with Crippen molar-refractivity contribution in [3.8, 4) is 17.2 Å². The van der Waals surface area contributed by atoms with Gasteiger partial charge in [0.05, 0.1) is 7.11 Å². The molecule has 8 heteroatoms. The van der Waals surface area contributed by atoms with Crippen LogP contribution in [-0.2, 0) is 6.54 Å². The standard InChI is InChI=1S/C24H21N3O5/c1-30-17-9-7-16(8-10-17)23(28)26-25-22-18-4-2-3-5-19(18)24(29)27(22)13-15-6-11-20-21(12-15)32-14-31-20/h2-12,22,25H,13-14H2,1H3,(H,26,28). The summed E-state index contributed by atoms with van der Waals surface area (Å²) in [4.78, 5) is 27.5. The van der Waals surface area contributed by atoms with Crippen LogP contribution in [0.2, 0.25) is 0 Å². The highest BCUT2D eigenvalue weighted by Gasteiger charge is 2.36. The first-order chi connectivity index (χ1) is 15.6. The highest BCUT2D eigenvalue weighted by Crippen LogP contribution is 2.36. The van der Waals surface area contributed by atoms with Crippen LogP contribution in [0.25, 0.3) is 0 Å². The lowest BCUT2D eigenvalue weighted by molar-refractivity contribution is 0.0638. The Labute approximate surface area is 184 Å². The van der Waals surface area contributed by atoms with E-state index in [0.29, 0.717) is 34.9 Å². The normalized spacial score (nSPS) is 16.1.